The largest absolute Gasteiger partial charge is 0.496 e. The van der Waals surface area contributed by atoms with Crippen LogP contribution in [-0.2, 0) is 14.8 Å². The van der Waals surface area contributed by atoms with E-state index in [1.165, 1.54) is 23.5 Å². The van der Waals surface area contributed by atoms with E-state index in [2.05, 4.69) is 17.6 Å². The first-order valence-electron chi connectivity index (χ1n) is 10.6. The smallest absolute Gasteiger partial charge is 0.255 e. The van der Waals surface area contributed by atoms with Gasteiger partial charge in [0.1, 0.15) is 5.75 Å². The van der Waals surface area contributed by atoms with E-state index in [1.807, 2.05) is 0 Å². The molecule has 0 aromatic heterocycles. The first-order valence-corrected chi connectivity index (χ1v) is 12.1. The molecule has 0 saturated carbocycles. The van der Waals surface area contributed by atoms with Crippen LogP contribution in [-0.4, -0.2) is 51.3 Å². The summed E-state index contributed by atoms with van der Waals surface area (Å²) in [6.45, 7) is 3.27. The summed E-state index contributed by atoms with van der Waals surface area (Å²) in [5.41, 5.74) is 0.896. The lowest BCUT2D eigenvalue weighted by Gasteiger charge is -2.30. The molecule has 2 amide bonds. The standard InChI is InChI=1S/C23H29N3O5S/c1-17-6-5-15-26(16-17)32(29,30)19-11-9-18(10-12-19)25-22(27)13-14-24-23(28)20-7-3-4-8-21(20)31-2/h3-4,7-12,17H,5-6,13-16H2,1-2H3,(H,24,28)(H,25,27). The van der Waals surface area contributed by atoms with E-state index in [0.29, 0.717) is 36.0 Å². The molecule has 1 aliphatic rings. The van der Waals surface area contributed by atoms with Gasteiger partial charge in [0, 0.05) is 31.7 Å². The number of methoxy groups -OCH3 is 1. The number of nitrogens with zero attached hydrogens (tertiary/aromatic N) is 1. The molecule has 0 radical (unpaired) electrons. The maximum Gasteiger partial charge on any atom is 0.255 e. The third kappa shape index (κ3) is 5.86. The number of carbonyl (C=O) groups excluding carboxylic acids is 2. The highest BCUT2D eigenvalue weighted by molar-refractivity contribution is 7.89. The third-order valence-corrected chi connectivity index (χ3v) is 7.26. The molecule has 0 spiro atoms. The summed E-state index contributed by atoms with van der Waals surface area (Å²) in [6, 6.07) is 13.0. The van der Waals surface area contributed by atoms with Crippen molar-refractivity contribution in [3.63, 3.8) is 0 Å². The Labute approximate surface area is 189 Å². The fourth-order valence-corrected chi connectivity index (χ4v) is 5.26. The SMILES string of the molecule is COc1ccccc1C(=O)NCCC(=O)Nc1ccc(S(=O)(=O)N2CCCC(C)C2)cc1. The van der Waals surface area contributed by atoms with Gasteiger partial charge in [-0.3, -0.25) is 9.59 Å². The van der Waals surface area contributed by atoms with Gasteiger partial charge in [-0.15, -0.1) is 0 Å². The van der Waals surface area contributed by atoms with Crippen molar-refractivity contribution >= 4 is 27.5 Å². The number of nitrogens with one attached hydrogen (secondary N) is 2. The van der Waals surface area contributed by atoms with Gasteiger partial charge < -0.3 is 15.4 Å². The predicted octanol–water partition coefficient (Wildman–Crippen LogP) is 2.87. The van der Waals surface area contributed by atoms with Crippen LogP contribution >= 0.6 is 0 Å². The molecular formula is C23H29N3O5S. The van der Waals surface area contributed by atoms with Crippen LogP contribution in [0.2, 0.25) is 0 Å². The molecule has 8 nitrogen and oxygen atoms in total. The van der Waals surface area contributed by atoms with Crippen LogP contribution in [0.3, 0.4) is 0 Å². The zero-order chi connectivity index (χ0) is 23.1. The van der Waals surface area contributed by atoms with E-state index < -0.39 is 10.0 Å². The average Bonchev–Trinajstić information content (AvgIpc) is 2.79. The van der Waals surface area contributed by atoms with Crippen molar-refractivity contribution in [1.82, 2.24) is 9.62 Å². The van der Waals surface area contributed by atoms with Crippen LogP contribution in [0.25, 0.3) is 0 Å². The van der Waals surface area contributed by atoms with Crippen LogP contribution in [0.5, 0.6) is 5.75 Å². The van der Waals surface area contributed by atoms with Gasteiger partial charge in [-0.05, 0) is 55.2 Å². The van der Waals surface area contributed by atoms with Crippen molar-refractivity contribution in [1.29, 1.82) is 0 Å². The fraction of sp³-hybridized carbons (Fsp3) is 0.391. The Morgan fingerprint density at radius 1 is 1.12 bits per heavy atom. The number of para-hydroxylation sites is 1. The molecule has 9 heteroatoms. The number of carbonyl (C=O) groups is 2. The highest BCUT2D eigenvalue weighted by Crippen LogP contribution is 2.24. The molecule has 1 heterocycles. The fourth-order valence-electron chi connectivity index (χ4n) is 3.66. The maximum absolute atomic E-state index is 12.8. The molecule has 0 bridgehead atoms. The number of piperidine rings is 1. The van der Waals surface area contributed by atoms with Crippen LogP contribution in [0.1, 0.15) is 36.5 Å². The number of sulfonamides is 1. The van der Waals surface area contributed by atoms with Crippen molar-refractivity contribution < 1.29 is 22.7 Å². The lowest BCUT2D eigenvalue weighted by Crippen LogP contribution is -2.39. The van der Waals surface area contributed by atoms with E-state index in [-0.39, 0.29) is 29.7 Å². The van der Waals surface area contributed by atoms with E-state index in [0.717, 1.165) is 12.8 Å². The summed E-state index contributed by atoms with van der Waals surface area (Å²) in [7, 11) is -2.04. The molecule has 2 aromatic rings. The molecule has 1 aliphatic heterocycles. The second-order valence-electron chi connectivity index (χ2n) is 7.89. The van der Waals surface area contributed by atoms with Gasteiger partial charge in [0.2, 0.25) is 15.9 Å². The second kappa shape index (κ2) is 10.6. The Morgan fingerprint density at radius 2 is 1.84 bits per heavy atom. The van der Waals surface area contributed by atoms with Crippen molar-refractivity contribution in [2.45, 2.75) is 31.1 Å². The summed E-state index contributed by atoms with van der Waals surface area (Å²) in [4.78, 5) is 24.7. The highest BCUT2D eigenvalue weighted by Gasteiger charge is 2.28. The van der Waals surface area contributed by atoms with E-state index in [4.69, 9.17) is 4.74 Å². The molecule has 1 unspecified atom stereocenters. The Balaban J connectivity index is 1.51. The van der Waals surface area contributed by atoms with Crippen LogP contribution in [0, 0.1) is 5.92 Å². The number of hydrogen-bond acceptors (Lipinski definition) is 5. The minimum atomic E-state index is -3.53. The van der Waals surface area contributed by atoms with Crippen LogP contribution in [0.4, 0.5) is 5.69 Å². The summed E-state index contributed by atoms with van der Waals surface area (Å²) in [6.07, 6.45) is 1.98. The van der Waals surface area contributed by atoms with Crippen molar-refractivity contribution in [3.05, 3.63) is 54.1 Å². The number of rotatable bonds is 8. The lowest BCUT2D eigenvalue weighted by atomic mass is 10.0. The summed E-state index contributed by atoms with van der Waals surface area (Å²) in [5.74, 6) is 0.201. The zero-order valence-corrected chi connectivity index (χ0v) is 19.2. The van der Waals surface area contributed by atoms with Gasteiger partial charge in [0.15, 0.2) is 0 Å². The van der Waals surface area contributed by atoms with Gasteiger partial charge in [0.05, 0.1) is 17.6 Å². The summed E-state index contributed by atoms with van der Waals surface area (Å²) >= 11 is 0. The molecule has 1 fully saturated rings. The number of hydrogen-bond donors (Lipinski definition) is 2. The third-order valence-electron chi connectivity index (χ3n) is 5.38. The number of anilines is 1. The molecule has 1 atom stereocenters. The second-order valence-corrected chi connectivity index (χ2v) is 9.83. The lowest BCUT2D eigenvalue weighted by molar-refractivity contribution is -0.116. The Morgan fingerprint density at radius 3 is 2.53 bits per heavy atom. The maximum atomic E-state index is 12.8. The van der Waals surface area contributed by atoms with Gasteiger partial charge in [-0.1, -0.05) is 19.1 Å². The minimum absolute atomic E-state index is 0.0760. The van der Waals surface area contributed by atoms with E-state index in [1.54, 1.807) is 36.4 Å². The number of benzene rings is 2. The summed E-state index contributed by atoms with van der Waals surface area (Å²) in [5, 5.41) is 5.41. The van der Waals surface area contributed by atoms with Gasteiger partial charge in [-0.25, -0.2) is 8.42 Å². The van der Waals surface area contributed by atoms with Crippen LogP contribution < -0.4 is 15.4 Å². The Bertz CT molecular complexity index is 1050. The number of amides is 2. The molecule has 2 aromatic carbocycles. The molecule has 1 saturated heterocycles. The van der Waals surface area contributed by atoms with Crippen molar-refractivity contribution in [2.75, 3.05) is 32.1 Å². The van der Waals surface area contributed by atoms with Crippen molar-refractivity contribution in [3.8, 4) is 5.75 Å². The Hall–Kier alpha value is -2.91. The van der Waals surface area contributed by atoms with Crippen molar-refractivity contribution in [2.24, 2.45) is 5.92 Å². The van der Waals surface area contributed by atoms with E-state index in [9.17, 15) is 18.0 Å². The zero-order valence-electron chi connectivity index (χ0n) is 18.3. The Kier molecular flexibility index (Phi) is 7.87. The average molecular weight is 460 g/mol. The molecule has 3 rings (SSSR count). The first kappa shape index (κ1) is 23.7. The normalized spacial score (nSPS) is 16.9. The minimum Gasteiger partial charge on any atom is -0.496 e. The summed E-state index contributed by atoms with van der Waals surface area (Å²) < 4.78 is 32.3. The monoisotopic (exact) mass is 459 g/mol. The molecule has 2 N–H and O–H groups in total. The highest BCUT2D eigenvalue weighted by atomic mass is 32.2. The van der Waals surface area contributed by atoms with E-state index >= 15 is 0 Å². The van der Waals surface area contributed by atoms with Gasteiger partial charge >= 0.3 is 0 Å². The van der Waals surface area contributed by atoms with Crippen LogP contribution in [0.15, 0.2) is 53.4 Å². The molecule has 32 heavy (non-hydrogen) atoms. The first-order chi connectivity index (χ1) is 15.3. The quantitative estimate of drug-likeness (QED) is 0.632. The molecule has 0 aliphatic carbocycles. The number of ether oxygens (including phenoxy) is 1. The molecular weight excluding hydrogens is 430 g/mol. The van der Waals surface area contributed by atoms with Gasteiger partial charge in [-0.2, -0.15) is 4.31 Å². The van der Waals surface area contributed by atoms with Gasteiger partial charge in [0.25, 0.3) is 5.91 Å². The molecule has 172 valence electrons. The predicted molar refractivity (Wildman–Crippen MR) is 122 cm³/mol. The topological polar surface area (TPSA) is 105 Å².